The Hall–Kier alpha value is -4.63. The first kappa shape index (κ1) is 32.8. The minimum atomic E-state index is -1.08. The zero-order valence-corrected chi connectivity index (χ0v) is 26.8. The number of pyridine rings is 1. The molecule has 0 spiro atoms. The Morgan fingerprint density at radius 1 is 1.13 bits per heavy atom. The van der Waals surface area contributed by atoms with Crippen molar-refractivity contribution in [3.05, 3.63) is 54.5 Å². The number of carbonyl (C=O) groups is 2. The van der Waals surface area contributed by atoms with Crippen LogP contribution in [0.3, 0.4) is 0 Å². The number of nitrogens with zero attached hydrogens (tertiary/aromatic N) is 6. The third-order valence-corrected chi connectivity index (χ3v) is 8.63. The topological polar surface area (TPSA) is 146 Å². The predicted octanol–water partition coefficient (Wildman–Crippen LogP) is 5.53. The first-order valence-electron chi connectivity index (χ1n) is 15.9. The molecule has 2 saturated heterocycles. The third kappa shape index (κ3) is 8.54. The van der Waals surface area contributed by atoms with Gasteiger partial charge < -0.3 is 24.8 Å². The van der Waals surface area contributed by atoms with Crippen LogP contribution in [0.5, 0.6) is 5.75 Å². The SMILES string of the molecule is CC(C)(C)N(CC(=O)N1CCC(CCn2cc(Nc3cc(-c4ccc(OC5CCOCC5)c(C#N)c4)ccn3)cn2)CC1)C(=O)O. The standard InChI is InChI=1S/C34H43N7O5/c1-34(2,3)41(33(43)44)23-32(42)39-13-7-24(8-14-39)9-15-40-22-28(21-37-40)38-31-19-26(6-12-36-31)25-4-5-30(27(18-25)20-35)46-29-10-16-45-17-11-29/h4-6,12,18-19,21-22,24,29H,7-11,13-17,23H2,1-3H3,(H,36,38)(H,43,44). The number of carbonyl (C=O) groups excluding carboxylic acids is 1. The second-order valence-electron chi connectivity index (χ2n) is 13.0. The van der Waals surface area contributed by atoms with Crippen molar-refractivity contribution in [2.45, 2.75) is 71.1 Å². The summed E-state index contributed by atoms with van der Waals surface area (Å²) in [6.07, 6.45) is 8.79. The number of nitrogens with one attached hydrogen (secondary N) is 1. The van der Waals surface area contributed by atoms with E-state index in [0.717, 1.165) is 55.5 Å². The van der Waals surface area contributed by atoms with Crippen LogP contribution >= 0.6 is 0 Å². The third-order valence-electron chi connectivity index (χ3n) is 8.63. The van der Waals surface area contributed by atoms with Crippen LogP contribution in [-0.2, 0) is 16.1 Å². The number of benzene rings is 1. The Morgan fingerprint density at radius 3 is 2.57 bits per heavy atom. The quantitative estimate of drug-likeness (QED) is 0.296. The molecule has 12 nitrogen and oxygen atoms in total. The van der Waals surface area contributed by atoms with Crippen molar-refractivity contribution in [3.8, 4) is 22.9 Å². The molecular weight excluding hydrogens is 586 g/mol. The van der Waals surface area contributed by atoms with Crippen LogP contribution in [0.15, 0.2) is 48.9 Å². The number of likely N-dealkylation sites (tertiary alicyclic amines) is 1. The van der Waals surface area contributed by atoms with Gasteiger partial charge in [0.2, 0.25) is 5.91 Å². The molecule has 3 aromatic rings. The molecule has 0 bridgehead atoms. The van der Waals surface area contributed by atoms with E-state index < -0.39 is 11.6 Å². The molecule has 0 atom stereocenters. The summed E-state index contributed by atoms with van der Waals surface area (Å²) in [5.41, 5.74) is 2.52. The summed E-state index contributed by atoms with van der Waals surface area (Å²) in [4.78, 5) is 31.9. The van der Waals surface area contributed by atoms with Crippen molar-refractivity contribution < 1.29 is 24.2 Å². The average molecular weight is 630 g/mol. The average Bonchev–Trinajstić information content (AvgIpc) is 3.50. The number of hydrogen-bond donors (Lipinski definition) is 2. The molecule has 0 unspecified atom stereocenters. The predicted molar refractivity (Wildman–Crippen MR) is 173 cm³/mol. The molecule has 0 radical (unpaired) electrons. The van der Waals surface area contributed by atoms with Gasteiger partial charge in [0, 0.05) is 50.4 Å². The monoisotopic (exact) mass is 629 g/mol. The van der Waals surface area contributed by atoms with Crippen LogP contribution in [-0.4, -0.2) is 86.2 Å². The number of aryl methyl sites for hydroxylation is 1. The summed E-state index contributed by atoms with van der Waals surface area (Å²) in [6.45, 7) is 8.63. The highest BCUT2D eigenvalue weighted by molar-refractivity contribution is 5.82. The van der Waals surface area contributed by atoms with Gasteiger partial charge in [-0.25, -0.2) is 9.78 Å². The van der Waals surface area contributed by atoms with E-state index in [4.69, 9.17) is 9.47 Å². The Balaban J connectivity index is 1.11. The van der Waals surface area contributed by atoms with Gasteiger partial charge in [0.1, 0.15) is 30.3 Å². The lowest BCUT2D eigenvalue weighted by atomic mass is 9.93. The maximum Gasteiger partial charge on any atom is 0.408 e. The molecule has 2 aromatic heterocycles. The molecule has 2 fully saturated rings. The molecule has 12 heteroatoms. The lowest BCUT2D eigenvalue weighted by Gasteiger charge is -2.36. The van der Waals surface area contributed by atoms with Gasteiger partial charge in [0.25, 0.3) is 0 Å². The van der Waals surface area contributed by atoms with E-state index >= 15 is 0 Å². The Kier molecular flexibility index (Phi) is 10.4. The summed E-state index contributed by atoms with van der Waals surface area (Å²) in [7, 11) is 0. The van der Waals surface area contributed by atoms with Crippen LogP contribution in [0.25, 0.3) is 11.1 Å². The number of nitriles is 1. The highest BCUT2D eigenvalue weighted by atomic mass is 16.5. The van der Waals surface area contributed by atoms with Crippen LogP contribution in [0, 0.1) is 17.2 Å². The second kappa shape index (κ2) is 14.6. The Bertz CT molecular complexity index is 1550. The van der Waals surface area contributed by atoms with Crippen molar-refractivity contribution in [3.63, 3.8) is 0 Å². The van der Waals surface area contributed by atoms with Crippen molar-refractivity contribution >= 4 is 23.5 Å². The fourth-order valence-corrected chi connectivity index (χ4v) is 5.86. The number of hydrogen-bond acceptors (Lipinski definition) is 8. The fourth-order valence-electron chi connectivity index (χ4n) is 5.86. The van der Waals surface area contributed by atoms with Gasteiger partial charge in [-0.15, -0.1) is 0 Å². The van der Waals surface area contributed by atoms with E-state index in [2.05, 4.69) is 21.5 Å². The zero-order chi connectivity index (χ0) is 32.7. The lowest BCUT2D eigenvalue weighted by molar-refractivity contribution is -0.134. The van der Waals surface area contributed by atoms with Crippen molar-refractivity contribution in [2.24, 2.45) is 5.92 Å². The van der Waals surface area contributed by atoms with Crippen LogP contribution in [0.4, 0.5) is 16.3 Å². The van der Waals surface area contributed by atoms with Crippen molar-refractivity contribution in [1.82, 2.24) is 24.6 Å². The normalized spacial score (nSPS) is 16.1. The van der Waals surface area contributed by atoms with E-state index in [9.17, 15) is 20.0 Å². The van der Waals surface area contributed by atoms with Crippen LogP contribution < -0.4 is 10.1 Å². The molecule has 1 aromatic carbocycles. The zero-order valence-electron chi connectivity index (χ0n) is 26.8. The largest absolute Gasteiger partial charge is 0.489 e. The van der Waals surface area contributed by atoms with Gasteiger partial charge >= 0.3 is 6.09 Å². The fraction of sp³-hybridized carbons (Fsp3) is 0.500. The molecule has 5 rings (SSSR count). The van der Waals surface area contributed by atoms with Crippen LogP contribution in [0.1, 0.15) is 58.4 Å². The smallest absolute Gasteiger partial charge is 0.408 e. The molecule has 244 valence electrons. The van der Waals surface area contributed by atoms with E-state index in [1.54, 1.807) is 38.1 Å². The summed E-state index contributed by atoms with van der Waals surface area (Å²) in [5, 5.41) is 27.1. The van der Waals surface area contributed by atoms with Gasteiger partial charge in [-0.1, -0.05) is 6.07 Å². The number of piperidine rings is 1. The van der Waals surface area contributed by atoms with Gasteiger partial charge in [0.15, 0.2) is 0 Å². The highest BCUT2D eigenvalue weighted by Crippen LogP contribution is 2.30. The summed E-state index contributed by atoms with van der Waals surface area (Å²) in [6, 6.07) is 11.8. The molecule has 2 amide bonds. The number of anilines is 2. The van der Waals surface area contributed by atoms with Crippen molar-refractivity contribution in [1.29, 1.82) is 5.26 Å². The van der Waals surface area contributed by atoms with Crippen LogP contribution in [0.2, 0.25) is 0 Å². The minimum Gasteiger partial charge on any atom is -0.489 e. The molecular formula is C34H43N7O5. The van der Waals surface area contributed by atoms with Crippen molar-refractivity contribution in [2.75, 3.05) is 38.2 Å². The number of aromatic nitrogens is 3. The summed E-state index contributed by atoms with van der Waals surface area (Å²) >= 11 is 0. The van der Waals surface area contributed by atoms with E-state index in [0.29, 0.717) is 49.4 Å². The highest BCUT2D eigenvalue weighted by Gasteiger charge is 2.31. The van der Waals surface area contributed by atoms with Gasteiger partial charge in [0.05, 0.1) is 30.7 Å². The second-order valence-corrected chi connectivity index (χ2v) is 13.0. The number of ether oxygens (including phenoxy) is 2. The van der Waals surface area contributed by atoms with Gasteiger partial charge in [-0.3, -0.25) is 14.4 Å². The molecule has 4 heterocycles. The molecule has 0 saturated carbocycles. The summed E-state index contributed by atoms with van der Waals surface area (Å²) in [5.74, 6) is 1.59. The number of amides is 2. The van der Waals surface area contributed by atoms with E-state index in [1.807, 2.05) is 41.2 Å². The number of carboxylic acid groups (broad SMARTS) is 1. The van der Waals surface area contributed by atoms with E-state index in [1.165, 1.54) is 4.90 Å². The Labute approximate surface area is 269 Å². The van der Waals surface area contributed by atoms with Gasteiger partial charge in [-0.05, 0) is 81.3 Å². The first-order valence-corrected chi connectivity index (χ1v) is 15.9. The maximum absolute atomic E-state index is 12.8. The molecule has 46 heavy (non-hydrogen) atoms. The maximum atomic E-state index is 12.8. The number of rotatable bonds is 10. The lowest BCUT2D eigenvalue weighted by Crippen LogP contribution is -2.51. The molecule has 2 N–H and O–H groups in total. The first-order chi connectivity index (χ1) is 22.1. The van der Waals surface area contributed by atoms with E-state index in [-0.39, 0.29) is 18.6 Å². The Morgan fingerprint density at radius 2 is 1.87 bits per heavy atom. The summed E-state index contributed by atoms with van der Waals surface area (Å²) < 4.78 is 13.4. The minimum absolute atomic E-state index is 0.0604. The molecule has 2 aliphatic heterocycles. The molecule has 0 aliphatic carbocycles. The molecule has 2 aliphatic rings. The van der Waals surface area contributed by atoms with Gasteiger partial charge in [-0.2, -0.15) is 10.4 Å².